The van der Waals surface area contributed by atoms with Crippen molar-refractivity contribution in [3.05, 3.63) is 0 Å². The van der Waals surface area contributed by atoms with Crippen molar-refractivity contribution >= 4 is 6.29 Å². The van der Waals surface area contributed by atoms with Crippen molar-refractivity contribution in [2.75, 3.05) is 13.2 Å². The van der Waals surface area contributed by atoms with Crippen LogP contribution in [0.2, 0.25) is 0 Å². The minimum Gasteiger partial charge on any atom is -0.394 e. The molecule has 1 rings (SSSR count). The maximum atomic E-state index is 10.7. The molecule has 0 aliphatic carbocycles. The number of carbonyl (C=O) groups excluding carboxylic acids is 1. The van der Waals surface area contributed by atoms with Gasteiger partial charge in [0, 0.05) is 0 Å². The predicted octanol–water partition coefficient (Wildman–Crippen LogP) is -5.55. The molecule has 0 radical (unpaired) electrons. The number of hydrogen-bond acceptors (Lipinski definition) is 11. The van der Waals surface area contributed by atoms with E-state index in [4.69, 9.17) is 19.7 Å². The molecule has 9 atom stereocenters. The fourth-order valence-electron chi connectivity index (χ4n) is 2.10. The van der Waals surface area contributed by atoms with Crippen molar-refractivity contribution in [2.24, 2.45) is 0 Å². The highest BCUT2D eigenvalue weighted by Gasteiger charge is 2.46. The van der Waals surface area contributed by atoms with Crippen LogP contribution >= 0.6 is 0 Å². The Kier molecular flexibility index (Phi) is 7.89. The lowest BCUT2D eigenvalue weighted by Crippen LogP contribution is -2.61. The second kappa shape index (κ2) is 8.94. The summed E-state index contributed by atoms with van der Waals surface area (Å²) >= 11 is 0. The van der Waals surface area contributed by atoms with Crippen LogP contribution in [0.15, 0.2) is 0 Å². The third-order valence-electron chi connectivity index (χ3n) is 3.53. The lowest BCUT2D eigenvalue weighted by atomic mass is 9.98. The Morgan fingerprint density at radius 3 is 2.13 bits per heavy atom. The van der Waals surface area contributed by atoms with Gasteiger partial charge >= 0.3 is 0 Å². The van der Waals surface area contributed by atoms with Gasteiger partial charge in [-0.05, 0) is 0 Å². The van der Waals surface area contributed by atoms with Gasteiger partial charge in [-0.3, -0.25) is 0 Å². The molecule has 0 aromatic carbocycles. The highest BCUT2D eigenvalue weighted by atomic mass is 16.7. The fourth-order valence-corrected chi connectivity index (χ4v) is 2.10. The Hall–Kier alpha value is -0.730. The zero-order valence-corrected chi connectivity index (χ0v) is 12.0. The van der Waals surface area contributed by atoms with E-state index in [1.807, 2.05) is 0 Å². The number of ether oxygens (including phenoxy) is 2. The van der Waals surface area contributed by atoms with E-state index in [1.54, 1.807) is 0 Å². The molecule has 1 heterocycles. The van der Waals surface area contributed by atoms with Crippen LogP contribution in [-0.4, -0.2) is 115 Å². The van der Waals surface area contributed by atoms with Crippen LogP contribution in [0.25, 0.3) is 0 Å². The molecule has 1 saturated heterocycles. The first kappa shape index (κ1) is 20.3. The van der Waals surface area contributed by atoms with E-state index >= 15 is 0 Å². The standard InChI is InChI=1S/C12H22O11/c13-1-4(16)7(18)11(5(17)2-14)23-12-10(21)9(20)8(19)6(3-15)22-12/h2,4-13,15-21H,1,3H2/t4-,5-,6+,7-,8-,9+,10-,11+,12-/m0/s1. The lowest BCUT2D eigenvalue weighted by Gasteiger charge is -2.41. The van der Waals surface area contributed by atoms with Gasteiger partial charge in [0.1, 0.15) is 48.8 Å². The van der Waals surface area contributed by atoms with Gasteiger partial charge in [0.2, 0.25) is 0 Å². The van der Waals surface area contributed by atoms with Crippen molar-refractivity contribution in [1.29, 1.82) is 0 Å². The summed E-state index contributed by atoms with van der Waals surface area (Å²) in [5.41, 5.74) is 0. The minimum absolute atomic E-state index is 0.0119. The minimum atomic E-state index is -1.95. The molecule has 0 bridgehead atoms. The van der Waals surface area contributed by atoms with Crippen molar-refractivity contribution in [1.82, 2.24) is 0 Å². The topological polar surface area (TPSA) is 197 Å². The molecule has 1 aliphatic rings. The summed E-state index contributed by atoms with van der Waals surface area (Å²) in [7, 11) is 0. The van der Waals surface area contributed by atoms with Crippen molar-refractivity contribution in [3.63, 3.8) is 0 Å². The molecular formula is C12H22O11. The first-order chi connectivity index (χ1) is 10.8. The SMILES string of the molecule is O=C[C@H](O)[C@@H](O[C@@H]1O[C@H](CO)[C@H](O)[C@@H](O)[C@@H]1O)[C@@H](O)[C@@H](O)CO. The van der Waals surface area contributed by atoms with E-state index in [2.05, 4.69) is 0 Å². The molecule has 8 N–H and O–H groups in total. The summed E-state index contributed by atoms with van der Waals surface area (Å²) in [5, 5.41) is 75.6. The average Bonchev–Trinajstić information content (AvgIpc) is 2.57. The molecule has 1 fully saturated rings. The molecular weight excluding hydrogens is 320 g/mol. The first-order valence-electron chi connectivity index (χ1n) is 6.84. The van der Waals surface area contributed by atoms with Crippen molar-refractivity contribution in [3.8, 4) is 0 Å². The van der Waals surface area contributed by atoms with E-state index in [0.29, 0.717) is 0 Å². The largest absolute Gasteiger partial charge is 0.394 e. The van der Waals surface area contributed by atoms with Gasteiger partial charge in [-0.25, -0.2) is 0 Å². The maximum Gasteiger partial charge on any atom is 0.187 e. The third-order valence-corrected chi connectivity index (χ3v) is 3.53. The molecule has 136 valence electrons. The predicted molar refractivity (Wildman–Crippen MR) is 69.8 cm³/mol. The highest BCUT2D eigenvalue weighted by molar-refractivity contribution is 5.56. The Labute approximate surface area is 130 Å². The molecule has 0 unspecified atom stereocenters. The molecule has 0 aromatic rings. The summed E-state index contributed by atoms with van der Waals surface area (Å²) in [6.07, 6.45) is -15.7. The third kappa shape index (κ3) is 4.64. The van der Waals surface area contributed by atoms with E-state index in [0.717, 1.165) is 0 Å². The smallest absolute Gasteiger partial charge is 0.187 e. The highest BCUT2D eigenvalue weighted by Crippen LogP contribution is 2.24. The zero-order chi connectivity index (χ0) is 17.7. The van der Waals surface area contributed by atoms with E-state index in [-0.39, 0.29) is 6.29 Å². The summed E-state index contributed by atoms with van der Waals surface area (Å²) in [6, 6.07) is 0. The second-order valence-corrected chi connectivity index (χ2v) is 5.17. The Bertz CT molecular complexity index is 365. The number of hydrogen-bond donors (Lipinski definition) is 8. The maximum absolute atomic E-state index is 10.7. The number of aliphatic hydroxyl groups excluding tert-OH is 8. The number of carbonyl (C=O) groups is 1. The Morgan fingerprint density at radius 1 is 1.04 bits per heavy atom. The summed E-state index contributed by atoms with van der Waals surface area (Å²) in [5.74, 6) is 0. The van der Waals surface area contributed by atoms with E-state index < -0.39 is 68.3 Å². The fraction of sp³-hybridized carbons (Fsp3) is 0.917. The van der Waals surface area contributed by atoms with Crippen molar-refractivity contribution in [2.45, 2.75) is 55.1 Å². The summed E-state index contributed by atoms with van der Waals surface area (Å²) in [6.45, 7) is -1.63. The number of aliphatic hydroxyl groups is 8. The van der Waals surface area contributed by atoms with E-state index in [1.165, 1.54) is 0 Å². The molecule has 0 spiro atoms. The normalized spacial score (nSPS) is 37.0. The Balaban J connectivity index is 2.91. The monoisotopic (exact) mass is 342 g/mol. The van der Waals surface area contributed by atoms with Crippen molar-refractivity contribution < 1.29 is 55.1 Å². The quantitative estimate of drug-likeness (QED) is 0.196. The van der Waals surface area contributed by atoms with Crippen LogP contribution in [-0.2, 0) is 14.3 Å². The van der Waals surface area contributed by atoms with Gasteiger partial charge in [-0.2, -0.15) is 0 Å². The van der Waals surface area contributed by atoms with E-state index in [9.17, 15) is 35.4 Å². The number of rotatable bonds is 8. The number of aldehydes is 1. The average molecular weight is 342 g/mol. The van der Waals surface area contributed by atoms with Gasteiger partial charge in [-0.1, -0.05) is 0 Å². The van der Waals surface area contributed by atoms with Crippen LogP contribution in [0.5, 0.6) is 0 Å². The lowest BCUT2D eigenvalue weighted by molar-refractivity contribution is -0.324. The van der Waals surface area contributed by atoms with Crippen LogP contribution in [0.4, 0.5) is 0 Å². The van der Waals surface area contributed by atoms with Gasteiger partial charge in [0.15, 0.2) is 12.6 Å². The van der Waals surface area contributed by atoms with Crippen LogP contribution in [0.1, 0.15) is 0 Å². The van der Waals surface area contributed by atoms with Crippen LogP contribution < -0.4 is 0 Å². The summed E-state index contributed by atoms with van der Waals surface area (Å²) < 4.78 is 10.0. The Morgan fingerprint density at radius 2 is 1.65 bits per heavy atom. The van der Waals surface area contributed by atoms with Gasteiger partial charge in [0.05, 0.1) is 13.2 Å². The second-order valence-electron chi connectivity index (χ2n) is 5.17. The molecule has 0 aromatic heterocycles. The van der Waals surface area contributed by atoms with Gasteiger partial charge in [-0.15, -0.1) is 0 Å². The van der Waals surface area contributed by atoms with Gasteiger partial charge in [0.25, 0.3) is 0 Å². The zero-order valence-electron chi connectivity index (χ0n) is 12.0. The molecule has 23 heavy (non-hydrogen) atoms. The molecule has 0 amide bonds. The molecule has 0 saturated carbocycles. The van der Waals surface area contributed by atoms with Crippen LogP contribution in [0, 0.1) is 0 Å². The van der Waals surface area contributed by atoms with Crippen LogP contribution in [0.3, 0.4) is 0 Å². The molecule has 11 heteroatoms. The first-order valence-corrected chi connectivity index (χ1v) is 6.84. The van der Waals surface area contributed by atoms with Gasteiger partial charge < -0.3 is 55.1 Å². The molecule has 11 nitrogen and oxygen atoms in total. The summed E-state index contributed by atoms with van der Waals surface area (Å²) in [4.78, 5) is 10.7. The molecule has 1 aliphatic heterocycles.